The molecule has 0 fully saturated rings. The number of aliphatic hydroxyl groups excluding tert-OH is 2. The van der Waals surface area contributed by atoms with Gasteiger partial charge in [-0.3, -0.25) is 0 Å². The van der Waals surface area contributed by atoms with Gasteiger partial charge >= 0.3 is 23.9 Å². The molecule has 36 heavy (non-hydrogen) atoms. The van der Waals surface area contributed by atoms with Crippen molar-refractivity contribution in [3.05, 3.63) is 35.4 Å². The van der Waals surface area contributed by atoms with E-state index in [0.717, 1.165) is 0 Å². The van der Waals surface area contributed by atoms with Gasteiger partial charge < -0.3 is 29.2 Å². The van der Waals surface area contributed by atoms with Gasteiger partial charge in [-0.2, -0.15) is 0 Å². The fourth-order valence-electron chi connectivity index (χ4n) is 2.62. The smallest absolute Gasteiger partial charge is 0.341 e. The minimum atomic E-state index is -2.71. The molecule has 0 aliphatic heterocycles. The highest BCUT2D eigenvalue weighted by Gasteiger charge is 2.25. The van der Waals surface area contributed by atoms with Crippen LogP contribution < -0.4 is 0 Å². The Morgan fingerprint density at radius 2 is 1.06 bits per heavy atom. The van der Waals surface area contributed by atoms with Crippen molar-refractivity contribution in [2.24, 2.45) is 0 Å². The second-order valence-corrected chi connectivity index (χ2v) is 26.2. The molecule has 0 aliphatic carbocycles. The number of carbonyl (C=O) groups is 2. The maximum atomic E-state index is 12.5. The summed E-state index contributed by atoms with van der Waals surface area (Å²) in [7, 11) is 0. The Kier molecular flexibility index (Phi) is 16.8. The Morgan fingerprint density at radius 1 is 0.694 bits per heavy atom. The summed E-state index contributed by atoms with van der Waals surface area (Å²) in [6.07, 6.45) is -1.09. The summed E-state index contributed by atoms with van der Waals surface area (Å²) in [6, 6.07) is 1.30. The molecule has 0 aliphatic rings. The average molecular weight is 665 g/mol. The molecule has 1 rings (SSSR count). The molecular formula is C20H28Cl6O8Si2. The summed E-state index contributed by atoms with van der Waals surface area (Å²) in [4.78, 5) is 24.9. The van der Waals surface area contributed by atoms with E-state index in [1.54, 1.807) is 12.1 Å². The second kappa shape index (κ2) is 17.7. The van der Waals surface area contributed by atoms with Crippen molar-refractivity contribution >= 4 is 90.4 Å². The lowest BCUT2D eigenvalue weighted by Gasteiger charge is -2.15. The quantitative estimate of drug-likeness (QED) is 0.0993. The van der Waals surface area contributed by atoms with Gasteiger partial charge in [0.15, 0.2) is 0 Å². The topological polar surface area (TPSA) is 112 Å². The Labute approximate surface area is 240 Å². The van der Waals surface area contributed by atoms with Crippen molar-refractivity contribution in [3.63, 3.8) is 0 Å². The minimum absolute atomic E-state index is 0.0510. The molecule has 2 unspecified atom stereocenters. The van der Waals surface area contributed by atoms with E-state index in [-0.39, 0.29) is 50.8 Å². The highest BCUT2D eigenvalue weighted by Crippen LogP contribution is 2.27. The molecule has 8 nitrogen and oxygen atoms in total. The number of benzene rings is 1. The molecule has 0 amide bonds. The lowest BCUT2D eigenvalue weighted by molar-refractivity contribution is -0.0125. The lowest BCUT2D eigenvalue weighted by Crippen LogP contribution is -2.26. The van der Waals surface area contributed by atoms with Gasteiger partial charge in [0.05, 0.1) is 24.3 Å². The Bertz CT molecular complexity index is 744. The monoisotopic (exact) mass is 662 g/mol. The Morgan fingerprint density at radius 3 is 1.39 bits per heavy atom. The fourth-order valence-corrected chi connectivity index (χ4v) is 6.12. The maximum Gasteiger partial charge on any atom is 0.341 e. The molecule has 2 atom stereocenters. The molecule has 0 saturated heterocycles. The Balaban J connectivity index is 2.41. The van der Waals surface area contributed by atoms with Crippen LogP contribution >= 0.6 is 66.5 Å². The van der Waals surface area contributed by atoms with Crippen molar-refractivity contribution in [2.45, 2.75) is 37.1 Å². The first kappa shape index (κ1) is 34.2. The third kappa shape index (κ3) is 16.9. The molecule has 1 aromatic rings. The highest BCUT2D eigenvalue weighted by atomic mass is 35.8. The van der Waals surface area contributed by atoms with E-state index in [0.29, 0.717) is 24.9 Å². The number of carbonyl (C=O) groups excluding carboxylic acids is 2. The SMILES string of the molecule is O=C(OCC(O)COCCC[Si](Cl)(Cl)Cl)c1ccccc1C(=O)OCC(O)COCCC[Si](Cl)(Cl)Cl. The van der Waals surface area contributed by atoms with Gasteiger partial charge in [-0.15, -0.1) is 66.5 Å². The molecule has 0 spiro atoms. The third-order valence-corrected chi connectivity index (χ3v) is 9.54. The van der Waals surface area contributed by atoms with Gasteiger partial charge in [-0.05, 0) is 37.1 Å². The standard InChI is InChI=1S/C20H28Cl6O8Si2/c21-35(22,23)9-3-7-31-11-15(27)13-33-19(29)17-5-1-2-6-18(17)20(30)34-14-16(28)12-32-8-4-10-36(24,25)26/h1-2,5-6,15-16,27-28H,3-4,7-14H2. The number of esters is 2. The van der Waals surface area contributed by atoms with Crippen LogP contribution in [0.15, 0.2) is 24.3 Å². The molecule has 1 aromatic carbocycles. The molecule has 0 radical (unpaired) electrons. The van der Waals surface area contributed by atoms with Crippen LogP contribution in [-0.2, 0) is 18.9 Å². The number of aliphatic hydroxyl groups is 2. The van der Waals surface area contributed by atoms with Gasteiger partial charge in [0.2, 0.25) is 0 Å². The number of rotatable bonds is 18. The van der Waals surface area contributed by atoms with Crippen LogP contribution in [0.1, 0.15) is 33.6 Å². The highest BCUT2D eigenvalue weighted by molar-refractivity contribution is 7.65. The lowest BCUT2D eigenvalue weighted by atomic mass is 10.1. The van der Waals surface area contributed by atoms with E-state index in [2.05, 4.69) is 0 Å². The maximum absolute atomic E-state index is 12.5. The van der Waals surface area contributed by atoms with Crippen LogP contribution in [0, 0.1) is 0 Å². The summed E-state index contributed by atoms with van der Waals surface area (Å²) in [5, 5.41) is 19.9. The van der Waals surface area contributed by atoms with Crippen LogP contribution in [0.2, 0.25) is 12.1 Å². The summed E-state index contributed by atoms with van der Waals surface area (Å²) < 4.78 is 20.7. The molecular weight excluding hydrogens is 637 g/mol. The van der Waals surface area contributed by atoms with E-state index >= 15 is 0 Å². The van der Waals surface area contributed by atoms with E-state index in [1.807, 2.05) is 0 Å². The third-order valence-electron chi connectivity index (χ3n) is 4.30. The first-order chi connectivity index (χ1) is 16.8. The van der Waals surface area contributed by atoms with Crippen LogP contribution in [0.3, 0.4) is 0 Å². The summed E-state index contributed by atoms with van der Waals surface area (Å²) >= 11 is 34.7. The minimum Gasteiger partial charge on any atom is -0.459 e. The normalized spacial score (nSPS) is 13.8. The van der Waals surface area contributed by atoms with Crippen LogP contribution in [0.5, 0.6) is 0 Å². The number of halogens is 6. The summed E-state index contributed by atoms with van der Waals surface area (Å²) in [5.41, 5.74) is -0.102. The number of ether oxygens (including phenoxy) is 4. The molecule has 2 N–H and O–H groups in total. The van der Waals surface area contributed by atoms with Gasteiger partial charge in [0.25, 0.3) is 0 Å². The summed E-state index contributed by atoms with van der Waals surface area (Å²) in [6.45, 7) is -0.284. The molecule has 0 aromatic heterocycles. The van der Waals surface area contributed by atoms with Crippen LogP contribution in [0.4, 0.5) is 0 Å². The summed E-state index contributed by atoms with van der Waals surface area (Å²) in [5.74, 6) is -1.66. The molecule has 16 heteroatoms. The zero-order valence-electron chi connectivity index (χ0n) is 19.1. The molecule has 0 bridgehead atoms. The van der Waals surface area contributed by atoms with Crippen molar-refractivity contribution in [1.29, 1.82) is 0 Å². The molecule has 0 heterocycles. The van der Waals surface area contributed by atoms with Crippen molar-refractivity contribution in [3.8, 4) is 0 Å². The van der Waals surface area contributed by atoms with E-state index < -0.39 is 36.2 Å². The van der Waals surface area contributed by atoms with Gasteiger partial charge in [0, 0.05) is 13.2 Å². The fraction of sp³-hybridized carbons (Fsp3) is 0.600. The first-order valence-electron chi connectivity index (χ1n) is 10.9. The van der Waals surface area contributed by atoms with E-state index in [4.69, 9.17) is 85.4 Å². The van der Waals surface area contributed by atoms with Gasteiger partial charge in [0.1, 0.15) is 25.4 Å². The zero-order chi connectivity index (χ0) is 27.2. The predicted octanol–water partition coefficient (Wildman–Crippen LogP) is 4.85. The number of hydrogen-bond acceptors (Lipinski definition) is 8. The average Bonchev–Trinajstić information content (AvgIpc) is 2.79. The van der Waals surface area contributed by atoms with Crippen LogP contribution in [0.25, 0.3) is 0 Å². The van der Waals surface area contributed by atoms with Gasteiger partial charge in [-0.1, -0.05) is 12.1 Å². The molecule has 206 valence electrons. The van der Waals surface area contributed by atoms with Crippen molar-refractivity contribution < 1.29 is 38.7 Å². The van der Waals surface area contributed by atoms with Crippen molar-refractivity contribution in [1.82, 2.24) is 0 Å². The van der Waals surface area contributed by atoms with Gasteiger partial charge in [-0.25, -0.2) is 9.59 Å². The second-order valence-electron chi connectivity index (χ2n) is 7.64. The van der Waals surface area contributed by atoms with E-state index in [9.17, 15) is 19.8 Å². The van der Waals surface area contributed by atoms with Crippen molar-refractivity contribution in [2.75, 3.05) is 39.6 Å². The molecule has 0 saturated carbocycles. The Hall–Kier alpha value is 0.174. The predicted molar refractivity (Wildman–Crippen MR) is 146 cm³/mol. The van der Waals surface area contributed by atoms with E-state index in [1.165, 1.54) is 12.1 Å². The number of hydrogen-bond donors (Lipinski definition) is 2. The largest absolute Gasteiger partial charge is 0.459 e. The van der Waals surface area contributed by atoms with Crippen LogP contribution in [-0.4, -0.2) is 86.0 Å². The zero-order valence-corrected chi connectivity index (χ0v) is 25.7. The first-order valence-corrected chi connectivity index (χ1v) is 21.4.